The number of nitrogens with one attached hydrogen (secondary N) is 4. The van der Waals surface area contributed by atoms with Crippen LogP contribution < -0.4 is 21.7 Å². The lowest BCUT2D eigenvalue weighted by molar-refractivity contribution is -0.158. The van der Waals surface area contributed by atoms with Crippen LogP contribution in [-0.2, 0) is 19.2 Å². The third-order valence-corrected chi connectivity index (χ3v) is 11.1. The summed E-state index contributed by atoms with van der Waals surface area (Å²) < 4.78 is 0. The Balaban J connectivity index is 1.04. The number of likely N-dealkylation sites (tertiary alicyclic amines) is 2. The highest BCUT2D eigenvalue weighted by Gasteiger charge is 2.60. The lowest BCUT2D eigenvalue weighted by atomic mass is 9.78. The zero-order chi connectivity index (χ0) is 29.5. The van der Waals surface area contributed by atoms with Gasteiger partial charge in [-0.25, -0.2) is 10.3 Å². The maximum Gasteiger partial charge on any atom is 0.353 e. The maximum atomic E-state index is 13.3. The van der Waals surface area contributed by atoms with Gasteiger partial charge in [-0.1, -0.05) is 6.92 Å². The molecular weight excluding hydrogens is 562 g/mol. The summed E-state index contributed by atoms with van der Waals surface area (Å²) in [6, 6.07) is -0.490. The van der Waals surface area contributed by atoms with Crippen LogP contribution in [0.1, 0.15) is 46.0 Å². The first-order valence-electron chi connectivity index (χ1n) is 15.1. The van der Waals surface area contributed by atoms with Gasteiger partial charge in [-0.2, -0.15) is 5.10 Å². The molecule has 0 bridgehead atoms. The number of amides is 3. The third kappa shape index (κ3) is 5.47. The van der Waals surface area contributed by atoms with Crippen LogP contribution in [0.15, 0.2) is 15.7 Å². The number of β-lactam (4-membered cyclic amide) rings is 1. The number of hydrazine groups is 2. The lowest BCUT2D eigenvalue weighted by Gasteiger charge is -2.47. The van der Waals surface area contributed by atoms with Gasteiger partial charge < -0.3 is 30.4 Å². The van der Waals surface area contributed by atoms with Crippen molar-refractivity contribution in [3.8, 4) is 0 Å². The fraction of sp³-hybridized carbons (Fsp3) is 0.741. The van der Waals surface area contributed by atoms with Crippen LogP contribution >= 0.6 is 11.8 Å². The molecule has 0 aromatic carbocycles. The molecule has 4 saturated heterocycles. The quantitative estimate of drug-likeness (QED) is 0.207. The molecule has 0 spiro atoms. The lowest BCUT2D eigenvalue weighted by Crippen LogP contribution is -2.66. The van der Waals surface area contributed by atoms with Gasteiger partial charge in [0.2, 0.25) is 17.7 Å². The molecule has 6 rings (SSSR count). The zero-order valence-corrected chi connectivity index (χ0v) is 24.9. The van der Waals surface area contributed by atoms with Gasteiger partial charge in [-0.3, -0.25) is 19.4 Å². The summed E-state index contributed by atoms with van der Waals surface area (Å²) in [5.41, 5.74) is 5.25. The van der Waals surface area contributed by atoms with Crippen molar-refractivity contribution in [3.63, 3.8) is 0 Å². The van der Waals surface area contributed by atoms with Gasteiger partial charge in [0, 0.05) is 47.8 Å². The Morgan fingerprint density at radius 3 is 2.60 bits per heavy atom. The van der Waals surface area contributed by atoms with E-state index in [1.807, 2.05) is 11.8 Å². The normalized spacial score (nSPS) is 32.3. The minimum atomic E-state index is -1.12. The Bertz CT molecular complexity index is 1170. The molecule has 0 aliphatic carbocycles. The SMILES string of the molecule is C[C@H]1C(S[C@@H]2CN[C@H](C(=O)N3CCC(N4CCCC4)CC3)C2)=C(C(=O)O)N2C(=O)[C@H]([C@@H](C)NC(=O)CN3C=NNN3)C12. The van der Waals surface area contributed by atoms with Crippen molar-refractivity contribution >= 4 is 41.8 Å². The second kappa shape index (κ2) is 12.0. The van der Waals surface area contributed by atoms with Crippen LogP contribution in [0.2, 0.25) is 0 Å². The van der Waals surface area contributed by atoms with Gasteiger partial charge in [-0.05, 0) is 52.1 Å². The number of carbonyl (C=O) groups is 4. The number of hydrazone groups is 1. The van der Waals surface area contributed by atoms with E-state index in [2.05, 4.69) is 31.7 Å². The standard InChI is InChI=1S/C27H41N9O5S/c1-15-22-21(16(2)30-20(37)13-35-14-29-31-32-35)26(39)36(22)23(27(40)41)24(15)42-18-11-19(28-12-18)25(38)34-9-5-17(6-10-34)33-7-3-4-8-33/h14-19,21-22,28,31-32H,3-13H2,1-2H3,(H,30,37)(H,40,41)/t15-,16-,18+,19+,21-,22?/m1/s1. The summed E-state index contributed by atoms with van der Waals surface area (Å²) in [7, 11) is 0. The number of aliphatic carboxylic acids is 1. The Morgan fingerprint density at radius 1 is 1.19 bits per heavy atom. The summed E-state index contributed by atoms with van der Waals surface area (Å²) in [4.78, 5) is 58.1. The van der Waals surface area contributed by atoms with Gasteiger partial charge in [-0.15, -0.1) is 17.3 Å². The average molecular weight is 604 g/mol. The minimum Gasteiger partial charge on any atom is -0.477 e. The number of carboxylic acids is 1. The van der Waals surface area contributed by atoms with Crippen molar-refractivity contribution in [2.75, 3.05) is 39.3 Å². The highest BCUT2D eigenvalue weighted by molar-refractivity contribution is 8.03. The first-order valence-corrected chi connectivity index (χ1v) is 15.9. The van der Waals surface area contributed by atoms with Crippen molar-refractivity contribution in [2.45, 2.75) is 75.4 Å². The molecule has 42 heavy (non-hydrogen) atoms. The molecule has 14 nitrogen and oxygen atoms in total. The number of rotatable bonds is 9. The largest absolute Gasteiger partial charge is 0.477 e. The number of thioether (sulfide) groups is 1. The Kier molecular flexibility index (Phi) is 8.35. The fourth-order valence-electron chi connectivity index (χ4n) is 7.48. The summed E-state index contributed by atoms with van der Waals surface area (Å²) in [6.45, 7) is 8.28. The van der Waals surface area contributed by atoms with Crippen LogP contribution in [0.25, 0.3) is 0 Å². The monoisotopic (exact) mass is 603 g/mol. The predicted molar refractivity (Wildman–Crippen MR) is 155 cm³/mol. The van der Waals surface area contributed by atoms with Gasteiger partial charge >= 0.3 is 5.97 Å². The molecule has 230 valence electrons. The van der Waals surface area contributed by atoms with Crippen molar-refractivity contribution in [1.82, 2.24) is 41.4 Å². The molecule has 6 heterocycles. The second-order valence-electron chi connectivity index (χ2n) is 12.2. The van der Waals surface area contributed by atoms with Crippen molar-refractivity contribution < 1.29 is 24.3 Å². The molecule has 0 aromatic rings. The number of nitrogens with zero attached hydrogens (tertiary/aromatic N) is 5. The zero-order valence-electron chi connectivity index (χ0n) is 24.1. The first-order chi connectivity index (χ1) is 20.2. The summed E-state index contributed by atoms with van der Waals surface area (Å²) in [5.74, 6) is -2.27. The summed E-state index contributed by atoms with van der Waals surface area (Å²) in [6.07, 6.45) is 6.66. The van der Waals surface area contributed by atoms with E-state index in [9.17, 15) is 24.3 Å². The van der Waals surface area contributed by atoms with E-state index in [1.165, 1.54) is 53.9 Å². The molecule has 3 amide bonds. The number of hydrogen-bond acceptors (Lipinski definition) is 11. The van der Waals surface area contributed by atoms with Gasteiger partial charge in [0.05, 0.1) is 18.0 Å². The molecule has 0 aromatic heterocycles. The number of hydrogen-bond donors (Lipinski definition) is 5. The van der Waals surface area contributed by atoms with E-state index in [4.69, 9.17) is 0 Å². The summed E-state index contributed by atoms with van der Waals surface area (Å²) >= 11 is 1.48. The molecule has 15 heteroatoms. The highest BCUT2D eigenvalue weighted by atomic mass is 32.2. The molecule has 6 aliphatic rings. The minimum absolute atomic E-state index is 0.0104. The average Bonchev–Trinajstić information content (AvgIpc) is 3.78. The number of piperidine rings is 1. The molecule has 5 N–H and O–H groups in total. The molecule has 6 aliphatic heterocycles. The summed E-state index contributed by atoms with van der Waals surface area (Å²) in [5, 5.41) is 21.6. The predicted octanol–water partition coefficient (Wildman–Crippen LogP) is -0.917. The molecular formula is C27H41N9O5S. The Morgan fingerprint density at radius 2 is 1.93 bits per heavy atom. The Hall–Kier alpha value is -2.88. The highest BCUT2D eigenvalue weighted by Crippen LogP contribution is 2.51. The first kappa shape index (κ1) is 29.2. The van der Waals surface area contributed by atoms with Crippen LogP contribution in [-0.4, -0.2) is 124 Å². The Labute approximate surface area is 249 Å². The van der Waals surface area contributed by atoms with Crippen LogP contribution in [0, 0.1) is 11.8 Å². The molecule has 0 saturated carbocycles. The van der Waals surface area contributed by atoms with E-state index in [-0.39, 0.29) is 53.2 Å². The number of carboxylic acid groups (broad SMARTS) is 1. The number of carbonyl (C=O) groups excluding carboxylic acids is 3. The van der Waals surface area contributed by atoms with Gasteiger partial charge in [0.1, 0.15) is 18.6 Å². The van der Waals surface area contributed by atoms with Gasteiger partial charge in [0.15, 0.2) is 0 Å². The van der Waals surface area contributed by atoms with Gasteiger partial charge in [0.25, 0.3) is 0 Å². The van der Waals surface area contributed by atoms with Crippen molar-refractivity contribution in [2.24, 2.45) is 16.9 Å². The smallest absolute Gasteiger partial charge is 0.353 e. The molecule has 6 atom stereocenters. The van der Waals surface area contributed by atoms with Crippen molar-refractivity contribution in [1.29, 1.82) is 0 Å². The van der Waals surface area contributed by atoms with E-state index >= 15 is 0 Å². The third-order valence-electron chi connectivity index (χ3n) is 9.60. The maximum absolute atomic E-state index is 13.3. The molecule has 1 unspecified atom stereocenters. The second-order valence-corrected chi connectivity index (χ2v) is 13.6. The topological polar surface area (TPSA) is 162 Å². The van der Waals surface area contributed by atoms with E-state index in [0.29, 0.717) is 23.9 Å². The van der Waals surface area contributed by atoms with Crippen LogP contribution in [0.5, 0.6) is 0 Å². The van der Waals surface area contributed by atoms with E-state index in [0.717, 1.165) is 25.9 Å². The van der Waals surface area contributed by atoms with Crippen LogP contribution in [0.3, 0.4) is 0 Å². The molecule has 4 fully saturated rings. The van der Waals surface area contributed by atoms with E-state index in [1.54, 1.807) is 6.92 Å². The van der Waals surface area contributed by atoms with E-state index < -0.39 is 17.9 Å². The number of fused-ring (bicyclic) bond motifs is 1. The fourth-order valence-corrected chi connectivity index (χ4v) is 8.96. The molecule has 0 radical (unpaired) electrons. The van der Waals surface area contributed by atoms with Crippen LogP contribution in [0.4, 0.5) is 0 Å². The van der Waals surface area contributed by atoms with Crippen molar-refractivity contribution in [3.05, 3.63) is 10.6 Å².